The Labute approximate surface area is 105 Å². The van der Waals surface area contributed by atoms with E-state index in [1.54, 1.807) is 0 Å². The Morgan fingerprint density at radius 2 is 1.47 bits per heavy atom. The molecule has 1 heteroatoms. The van der Waals surface area contributed by atoms with Crippen molar-refractivity contribution in [3.63, 3.8) is 0 Å². The summed E-state index contributed by atoms with van der Waals surface area (Å²) in [6.45, 7) is 2.23. The van der Waals surface area contributed by atoms with Crippen molar-refractivity contribution < 1.29 is 0 Å². The number of rotatable bonds is 1. The van der Waals surface area contributed by atoms with Gasteiger partial charge in [0.15, 0.2) is 0 Å². The van der Waals surface area contributed by atoms with Gasteiger partial charge in [0, 0.05) is 0 Å². The monoisotopic (exact) mass is 229 g/mol. The Bertz CT molecular complexity index is 369. The zero-order valence-corrected chi connectivity index (χ0v) is 11.0. The minimum Gasteiger partial charge on any atom is -0.192 e. The molecular weight excluding hydrogens is 206 g/mol. The second kappa shape index (κ2) is 6.05. The molecule has 17 heavy (non-hydrogen) atoms. The Balaban J connectivity index is 2.31. The summed E-state index contributed by atoms with van der Waals surface area (Å²) < 4.78 is 0. The molecule has 2 aliphatic rings. The quantitative estimate of drug-likeness (QED) is 0.456. The molecule has 0 spiro atoms. The van der Waals surface area contributed by atoms with Gasteiger partial charge in [0.2, 0.25) is 0 Å². The van der Waals surface area contributed by atoms with Gasteiger partial charge in [-0.3, -0.25) is 0 Å². The molecule has 0 heterocycles. The molecule has 0 unspecified atom stereocenters. The maximum Gasteiger partial charge on any atom is 0.0994 e. The highest BCUT2D eigenvalue weighted by Crippen LogP contribution is 2.34. The fourth-order valence-corrected chi connectivity index (χ4v) is 3.16. The van der Waals surface area contributed by atoms with Crippen LogP contribution in [0.2, 0.25) is 0 Å². The van der Waals surface area contributed by atoms with E-state index in [0.29, 0.717) is 0 Å². The van der Waals surface area contributed by atoms with Gasteiger partial charge < -0.3 is 0 Å². The van der Waals surface area contributed by atoms with Crippen LogP contribution in [0.5, 0.6) is 0 Å². The summed E-state index contributed by atoms with van der Waals surface area (Å²) in [6, 6.07) is 2.52. The van der Waals surface area contributed by atoms with Crippen LogP contribution in [0.4, 0.5) is 0 Å². The standard InChI is InChI=1S/C16H23N/c1-13-8-6-7-11-15(13)16(12-17)14-9-4-2-3-5-10-14/h2-11H2,1H3. The highest BCUT2D eigenvalue weighted by molar-refractivity contribution is 5.48. The molecular formula is C16H23N. The van der Waals surface area contributed by atoms with Gasteiger partial charge in [-0.2, -0.15) is 5.26 Å². The molecule has 0 bridgehead atoms. The third kappa shape index (κ3) is 3.00. The van der Waals surface area contributed by atoms with Crippen molar-refractivity contribution in [3.05, 3.63) is 22.3 Å². The highest BCUT2D eigenvalue weighted by atomic mass is 14.3. The maximum atomic E-state index is 9.50. The van der Waals surface area contributed by atoms with Crippen molar-refractivity contribution in [2.45, 2.75) is 71.1 Å². The molecule has 1 fully saturated rings. The molecule has 0 aromatic rings. The Morgan fingerprint density at radius 1 is 0.882 bits per heavy atom. The van der Waals surface area contributed by atoms with Crippen molar-refractivity contribution in [2.75, 3.05) is 0 Å². The molecule has 1 saturated carbocycles. The maximum absolute atomic E-state index is 9.50. The van der Waals surface area contributed by atoms with Crippen LogP contribution in [0.15, 0.2) is 22.3 Å². The van der Waals surface area contributed by atoms with E-state index in [0.717, 1.165) is 12.0 Å². The molecule has 0 aliphatic heterocycles. The fourth-order valence-electron chi connectivity index (χ4n) is 3.16. The molecule has 0 aromatic carbocycles. The van der Waals surface area contributed by atoms with Crippen LogP contribution < -0.4 is 0 Å². The molecule has 2 aliphatic carbocycles. The van der Waals surface area contributed by atoms with E-state index in [1.165, 1.54) is 74.5 Å². The van der Waals surface area contributed by atoms with Crippen LogP contribution in [0.25, 0.3) is 0 Å². The minimum atomic E-state index is 1.07. The molecule has 0 amide bonds. The molecule has 92 valence electrons. The Kier molecular flexibility index (Phi) is 4.42. The van der Waals surface area contributed by atoms with Gasteiger partial charge in [0.05, 0.1) is 11.6 Å². The summed E-state index contributed by atoms with van der Waals surface area (Å²) in [5.41, 5.74) is 5.41. The van der Waals surface area contributed by atoms with Gasteiger partial charge in [-0.15, -0.1) is 0 Å². The average molecular weight is 229 g/mol. The third-order valence-electron chi connectivity index (χ3n) is 4.22. The van der Waals surface area contributed by atoms with Crippen LogP contribution in [-0.4, -0.2) is 0 Å². The lowest BCUT2D eigenvalue weighted by molar-refractivity contribution is 0.676. The summed E-state index contributed by atoms with van der Waals surface area (Å²) in [6.07, 6.45) is 12.5. The van der Waals surface area contributed by atoms with Gasteiger partial charge in [0.1, 0.15) is 0 Å². The Morgan fingerprint density at radius 3 is 2.06 bits per heavy atom. The van der Waals surface area contributed by atoms with Crippen molar-refractivity contribution in [2.24, 2.45) is 0 Å². The SMILES string of the molecule is CC1=C(C(C#N)=C2CCCCCC2)CCCC1. The van der Waals surface area contributed by atoms with Crippen LogP contribution >= 0.6 is 0 Å². The Hall–Kier alpha value is -1.03. The van der Waals surface area contributed by atoms with E-state index in [1.807, 2.05) is 0 Å². The number of allylic oxidation sites excluding steroid dienone is 4. The lowest BCUT2D eigenvalue weighted by Crippen LogP contribution is -2.02. The molecule has 0 saturated heterocycles. The van der Waals surface area contributed by atoms with E-state index in [-0.39, 0.29) is 0 Å². The van der Waals surface area contributed by atoms with E-state index in [4.69, 9.17) is 0 Å². The average Bonchev–Trinajstić information content (AvgIpc) is 2.62. The first-order chi connectivity index (χ1) is 8.33. The first-order valence-corrected chi connectivity index (χ1v) is 7.14. The third-order valence-corrected chi connectivity index (χ3v) is 4.22. The van der Waals surface area contributed by atoms with E-state index in [9.17, 15) is 5.26 Å². The van der Waals surface area contributed by atoms with Gasteiger partial charge in [0.25, 0.3) is 0 Å². The van der Waals surface area contributed by atoms with Gasteiger partial charge in [-0.25, -0.2) is 0 Å². The zero-order valence-electron chi connectivity index (χ0n) is 11.0. The number of hydrogen-bond acceptors (Lipinski definition) is 1. The summed E-state index contributed by atoms with van der Waals surface area (Å²) in [5, 5.41) is 9.50. The summed E-state index contributed by atoms with van der Waals surface area (Å²) >= 11 is 0. The van der Waals surface area contributed by atoms with Crippen LogP contribution in [0.1, 0.15) is 71.1 Å². The van der Waals surface area contributed by atoms with Crippen molar-refractivity contribution in [1.29, 1.82) is 5.26 Å². The van der Waals surface area contributed by atoms with E-state index < -0.39 is 0 Å². The largest absolute Gasteiger partial charge is 0.192 e. The van der Waals surface area contributed by atoms with Gasteiger partial charge in [-0.05, 0) is 63.9 Å². The number of nitrogens with zero attached hydrogens (tertiary/aromatic N) is 1. The van der Waals surface area contributed by atoms with Gasteiger partial charge in [-0.1, -0.05) is 24.0 Å². The number of hydrogen-bond donors (Lipinski definition) is 0. The highest BCUT2D eigenvalue weighted by Gasteiger charge is 2.17. The van der Waals surface area contributed by atoms with Crippen LogP contribution in [0.3, 0.4) is 0 Å². The van der Waals surface area contributed by atoms with Crippen LogP contribution in [-0.2, 0) is 0 Å². The topological polar surface area (TPSA) is 23.8 Å². The summed E-state index contributed by atoms with van der Waals surface area (Å²) in [7, 11) is 0. The van der Waals surface area contributed by atoms with Gasteiger partial charge >= 0.3 is 0 Å². The smallest absolute Gasteiger partial charge is 0.0994 e. The van der Waals surface area contributed by atoms with Crippen molar-refractivity contribution in [1.82, 2.24) is 0 Å². The van der Waals surface area contributed by atoms with Crippen LogP contribution in [0, 0.1) is 11.3 Å². The van der Waals surface area contributed by atoms with E-state index in [2.05, 4.69) is 13.0 Å². The second-order valence-corrected chi connectivity index (χ2v) is 5.47. The first kappa shape index (κ1) is 12.4. The summed E-state index contributed by atoms with van der Waals surface area (Å²) in [4.78, 5) is 0. The molecule has 0 radical (unpaired) electrons. The van der Waals surface area contributed by atoms with Crippen molar-refractivity contribution in [3.8, 4) is 6.07 Å². The normalized spacial score (nSPS) is 22.0. The van der Waals surface area contributed by atoms with E-state index >= 15 is 0 Å². The predicted octanol–water partition coefficient (Wildman–Crippen LogP) is 5.05. The lowest BCUT2D eigenvalue weighted by Gasteiger charge is -2.19. The molecule has 0 N–H and O–H groups in total. The lowest BCUT2D eigenvalue weighted by atomic mass is 9.85. The second-order valence-electron chi connectivity index (χ2n) is 5.47. The fraction of sp³-hybridized carbons (Fsp3) is 0.688. The molecule has 2 rings (SSSR count). The summed E-state index contributed by atoms with van der Waals surface area (Å²) in [5.74, 6) is 0. The van der Waals surface area contributed by atoms with Crippen molar-refractivity contribution >= 4 is 0 Å². The first-order valence-electron chi connectivity index (χ1n) is 7.14. The zero-order chi connectivity index (χ0) is 12.1. The minimum absolute atomic E-state index is 1.07. The molecule has 1 nitrogen and oxygen atoms in total. The molecule has 0 atom stereocenters. The predicted molar refractivity (Wildman–Crippen MR) is 71.5 cm³/mol. The number of nitriles is 1. The molecule has 0 aromatic heterocycles.